The monoisotopic (exact) mass is 460 g/mol. The number of imidazole rings is 1. The molecular weight excluding hydrogens is 432 g/mol. The third-order valence-corrected chi connectivity index (χ3v) is 4.72. The molecule has 2 rings (SSSR count). The van der Waals surface area contributed by atoms with E-state index in [9.17, 15) is 24.3 Å². The summed E-state index contributed by atoms with van der Waals surface area (Å²) in [4.78, 5) is 55.2. The van der Waals surface area contributed by atoms with Crippen LogP contribution < -0.4 is 21.7 Å². The molecule has 0 saturated carbocycles. The van der Waals surface area contributed by atoms with Crippen LogP contribution in [-0.2, 0) is 32.0 Å². The first-order valence-electron chi connectivity index (χ1n) is 10.2. The van der Waals surface area contributed by atoms with E-state index >= 15 is 0 Å². The van der Waals surface area contributed by atoms with Crippen LogP contribution in [0.5, 0.6) is 0 Å². The number of amides is 3. The van der Waals surface area contributed by atoms with Crippen LogP contribution in [0.3, 0.4) is 0 Å². The van der Waals surface area contributed by atoms with E-state index in [1.807, 2.05) is 18.2 Å². The van der Waals surface area contributed by atoms with Crippen LogP contribution in [0.4, 0.5) is 0 Å². The number of aliphatic hydroxyl groups excluding tert-OH is 1. The van der Waals surface area contributed by atoms with E-state index in [2.05, 4.69) is 25.9 Å². The van der Waals surface area contributed by atoms with Gasteiger partial charge in [-0.15, -0.1) is 0 Å². The highest BCUT2D eigenvalue weighted by Gasteiger charge is 2.31. The Morgan fingerprint density at radius 3 is 2.33 bits per heavy atom. The lowest BCUT2D eigenvalue weighted by Crippen LogP contribution is -2.59. The fourth-order valence-corrected chi connectivity index (χ4v) is 3.00. The van der Waals surface area contributed by atoms with E-state index in [1.165, 1.54) is 19.4 Å². The molecule has 12 nitrogen and oxygen atoms in total. The molecule has 0 aliphatic rings. The quantitative estimate of drug-likeness (QED) is 0.190. The highest BCUT2D eigenvalue weighted by atomic mass is 16.4. The largest absolute Gasteiger partial charge is 0.480 e. The van der Waals surface area contributed by atoms with Gasteiger partial charge >= 0.3 is 5.97 Å². The Morgan fingerprint density at radius 2 is 1.76 bits per heavy atom. The second-order valence-electron chi connectivity index (χ2n) is 7.48. The van der Waals surface area contributed by atoms with Crippen LogP contribution in [0.25, 0.3) is 0 Å². The lowest BCUT2D eigenvalue weighted by molar-refractivity contribution is -0.138. The Balaban J connectivity index is 2.06. The van der Waals surface area contributed by atoms with E-state index in [1.54, 1.807) is 12.1 Å². The number of aromatic amines is 1. The zero-order valence-corrected chi connectivity index (χ0v) is 18.0. The number of rotatable bonds is 12. The van der Waals surface area contributed by atoms with Gasteiger partial charge in [-0.05, 0) is 18.9 Å². The first kappa shape index (κ1) is 25.5. The molecule has 0 fully saturated rings. The molecule has 0 saturated heterocycles. The van der Waals surface area contributed by atoms with E-state index in [4.69, 9.17) is 10.8 Å². The van der Waals surface area contributed by atoms with Crippen LogP contribution in [0.1, 0.15) is 18.2 Å². The molecule has 0 radical (unpaired) electrons. The SMILES string of the molecule is CC(O)C(NC(=O)C(N)Cc1ccccc1)C(=O)NC(Cc1cnc[nH]1)C(=O)NCC(=O)O. The van der Waals surface area contributed by atoms with Gasteiger partial charge in [0.15, 0.2) is 0 Å². The van der Waals surface area contributed by atoms with Gasteiger partial charge < -0.3 is 36.9 Å². The minimum atomic E-state index is -1.39. The smallest absolute Gasteiger partial charge is 0.322 e. The second-order valence-corrected chi connectivity index (χ2v) is 7.48. The summed E-state index contributed by atoms with van der Waals surface area (Å²) in [5.74, 6) is -3.49. The van der Waals surface area contributed by atoms with Crippen molar-refractivity contribution < 1.29 is 29.4 Å². The minimum absolute atomic E-state index is 0.0226. The summed E-state index contributed by atoms with van der Waals surface area (Å²) in [6.07, 6.45) is 1.73. The van der Waals surface area contributed by atoms with Crippen molar-refractivity contribution in [2.75, 3.05) is 6.54 Å². The maximum absolute atomic E-state index is 12.8. The zero-order chi connectivity index (χ0) is 24.4. The summed E-state index contributed by atoms with van der Waals surface area (Å²) in [5.41, 5.74) is 7.28. The average molecular weight is 460 g/mol. The van der Waals surface area contributed by atoms with Gasteiger partial charge in [0.1, 0.15) is 18.6 Å². The first-order valence-corrected chi connectivity index (χ1v) is 10.2. The van der Waals surface area contributed by atoms with E-state index < -0.39 is 54.5 Å². The van der Waals surface area contributed by atoms with Crippen molar-refractivity contribution in [3.05, 3.63) is 54.1 Å². The van der Waals surface area contributed by atoms with E-state index in [0.29, 0.717) is 5.69 Å². The average Bonchev–Trinajstić information content (AvgIpc) is 3.28. The number of carboxylic acids is 1. The predicted octanol–water partition coefficient (Wildman–Crippen LogP) is -1.93. The highest BCUT2D eigenvalue weighted by molar-refractivity contribution is 5.94. The molecular formula is C21H28N6O6. The van der Waals surface area contributed by atoms with Gasteiger partial charge in [0.25, 0.3) is 0 Å². The van der Waals surface area contributed by atoms with Crippen molar-refractivity contribution in [1.29, 1.82) is 0 Å². The number of carbonyl (C=O) groups is 4. The minimum Gasteiger partial charge on any atom is -0.480 e. The molecule has 1 aromatic heterocycles. The van der Waals surface area contributed by atoms with Crippen LogP contribution >= 0.6 is 0 Å². The first-order chi connectivity index (χ1) is 15.7. The number of hydrogen-bond donors (Lipinski definition) is 7. The van der Waals surface area contributed by atoms with Crippen molar-refractivity contribution in [2.45, 2.75) is 44.0 Å². The maximum atomic E-state index is 12.8. The summed E-state index contributed by atoms with van der Waals surface area (Å²) in [6, 6.07) is 5.51. The predicted molar refractivity (Wildman–Crippen MR) is 117 cm³/mol. The number of hydrogen-bond acceptors (Lipinski definition) is 7. The van der Waals surface area contributed by atoms with Gasteiger partial charge in [0, 0.05) is 18.3 Å². The number of benzene rings is 1. The van der Waals surface area contributed by atoms with E-state index in [0.717, 1.165) is 5.56 Å². The summed E-state index contributed by atoms with van der Waals surface area (Å²) in [5, 5.41) is 25.9. The van der Waals surface area contributed by atoms with Gasteiger partial charge in [-0.25, -0.2) is 4.98 Å². The molecule has 0 aliphatic carbocycles. The van der Waals surface area contributed by atoms with Gasteiger partial charge in [-0.1, -0.05) is 30.3 Å². The summed E-state index contributed by atoms with van der Waals surface area (Å²) >= 11 is 0. The van der Waals surface area contributed by atoms with Crippen molar-refractivity contribution in [2.24, 2.45) is 5.73 Å². The van der Waals surface area contributed by atoms with Crippen molar-refractivity contribution >= 4 is 23.7 Å². The number of carbonyl (C=O) groups excluding carboxylic acids is 3. The molecule has 33 heavy (non-hydrogen) atoms. The Bertz CT molecular complexity index is 934. The Kier molecular flexibility index (Phi) is 9.51. The lowest BCUT2D eigenvalue weighted by Gasteiger charge is -2.25. The van der Waals surface area contributed by atoms with Gasteiger partial charge in [-0.3, -0.25) is 19.2 Å². The Labute approximate surface area is 190 Å². The molecule has 178 valence electrons. The number of aliphatic hydroxyl groups is 1. The van der Waals surface area contributed by atoms with Gasteiger partial charge in [0.05, 0.1) is 18.5 Å². The van der Waals surface area contributed by atoms with Crippen LogP contribution in [0.2, 0.25) is 0 Å². The topological polar surface area (TPSA) is 200 Å². The number of nitrogens with two attached hydrogens (primary N) is 1. The molecule has 0 aliphatic heterocycles. The number of carboxylic acid groups (broad SMARTS) is 1. The molecule has 1 aromatic carbocycles. The number of H-pyrrole nitrogens is 1. The normalized spacial score (nSPS) is 14.4. The van der Waals surface area contributed by atoms with Gasteiger partial charge in [0.2, 0.25) is 17.7 Å². The standard InChI is InChI=1S/C21H28N6O6/c1-12(28)18(27-19(31)15(22)7-13-5-3-2-4-6-13)21(33)26-16(8-14-9-23-11-25-14)20(32)24-10-17(29)30/h2-6,9,11-12,15-16,18,28H,7-8,10,22H2,1H3,(H,23,25)(H,24,32)(H,26,33)(H,27,31)(H,29,30). The molecule has 4 unspecified atom stereocenters. The maximum Gasteiger partial charge on any atom is 0.322 e. The highest BCUT2D eigenvalue weighted by Crippen LogP contribution is 2.04. The fourth-order valence-electron chi connectivity index (χ4n) is 3.00. The summed E-state index contributed by atoms with van der Waals surface area (Å²) < 4.78 is 0. The molecule has 8 N–H and O–H groups in total. The van der Waals surface area contributed by atoms with Crippen LogP contribution in [-0.4, -0.2) is 74.6 Å². The molecule has 1 heterocycles. The summed E-state index contributed by atoms with van der Waals surface area (Å²) in [7, 11) is 0. The number of nitrogens with one attached hydrogen (secondary N) is 4. The summed E-state index contributed by atoms with van der Waals surface area (Å²) in [6.45, 7) is 0.667. The van der Waals surface area contributed by atoms with Crippen LogP contribution in [0, 0.1) is 0 Å². The molecule has 0 spiro atoms. The third-order valence-electron chi connectivity index (χ3n) is 4.72. The molecule has 2 aromatic rings. The Hall–Kier alpha value is -3.77. The molecule has 12 heteroatoms. The lowest BCUT2D eigenvalue weighted by atomic mass is 10.0. The van der Waals surface area contributed by atoms with Crippen molar-refractivity contribution in [3.63, 3.8) is 0 Å². The molecule has 3 amide bonds. The van der Waals surface area contributed by atoms with Crippen molar-refractivity contribution in [1.82, 2.24) is 25.9 Å². The molecule has 0 bridgehead atoms. The number of aliphatic carboxylic acids is 1. The van der Waals surface area contributed by atoms with Crippen LogP contribution in [0.15, 0.2) is 42.9 Å². The van der Waals surface area contributed by atoms with Gasteiger partial charge in [-0.2, -0.15) is 0 Å². The molecule has 4 atom stereocenters. The second kappa shape index (κ2) is 12.3. The third kappa shape index (κ3) is 8.35. The fraction of sp³-hybridized carbons (Fsp3) is 0.381. The Morgan fingerprint density at radius 1 is 1.06 bits per heavy atom. The van der Waals surface area contributed by atoms with E-state index in [-0.39, 0.29) is 12.8 Å². The zero-order valence-electron chi connectivity index (χ0n) is 18.0. The number of aromatic nitrogens is 2. The number of nitrogens with zero attached hydrogens (tertiary/aromatic N) is 1. The van der Waals surface area contributed by atoms with Crippen molar-refractivity contribution in [3.8, 4) is 0 Å².